The number of carbonyl (C=O) groups excluding carboxylic acids is 1. The Morgan fingerprint density at radius 1 is 1.40 bits per heavy atom. The van der Waals surface area contributed by atoms with E-state index in [-0.39, 0.29) is 11.6 Å². The Morgan fingerprint density at radius 3 is 1.90 bits per heavy atom. The maximum absolute atomic E-state index is 11.0. The van der Waals surface area contributed by atoms with Crippen LogP contribution in [0.3, 0.4) is 0 Å². The Hall–Kier alpha value is -0.100. The molecule has 0 rings (SSSR count). The molecule has 0 amide bonds. The minimum atomic E-state index is -1.32. The Bertz CT molecular complexity index is 126. The topological polar surface area (TPSA) is 26.3 Å². The molecule has 10 heavy (non-hydrogen) atoms. The van der Waals surface area contributed by atoms with Crippen molar-refractivity contribution in [2.45, 2.75) is 12.6 Å². The van der Waals surface area contributed by atoms with Crippen LogP contribution in [0.25, 0.3) is 0 Å². The summed E-state index contributed by atoms with van der Waals surface area (Å²) in [7, 11) is 0.124. The van der Waals surface area contributed by atoms with E-state index in [0.29, 0.717) is 0 Å². The maximum atomic E-state index is 11.0. The number of rotatable bonds is 2. The van der Waals surface area contributed by atoms with Crippen molar-refractivity contribution in [1.29, 1.82) is 0 Å². The van der Waals surface area contributed by atoms with Crippen molar-refractivity contribution >= 4 is 13.2 Å². The van der Waals surface area contributed by atoms with E-state index >= 15 is 0 Å². The second kappa shape index (κ2) is 3.34. The van der Waals surface area contributed by atoms with Crippen LogP contribution >= 0.6 is 7.26 Å². The van der Waals surface area contributed by atoms with Crippen molar-refractivity contribution in [3.05, 3.63) is 0 Å². The molecule has 0 saturated carbocycles. The van der Waals surface area contributed by atoms with Crippen LogP contribution in [0.2, 0.25) is 0 Å². The van der Waals surface area contributed by atoms with Crippen LogP contribution < -0.4 is 0 Å². The molecule has 0 fully saturated rings. The molecule has 0 saturated heterocycles. The summed E-state index contributed by atoms with van der Waals surface area (Å²) in [6.07, 6.45) is 0. The SMILES string of the molecule is COC(=O)C(C)[PH](C)(C)C. The number of methoxy groups -OCH3 is 1. The van der Waals surface area contributed by atoms with Gasteiger partial charge in [-0.2, -0.15) is 0 Å². The summed E-state index contributed by atoms with van der Waals surface area (Å²) in [5.74, 6) is -0.0702. The third-order valence-corrected chi connectivity index (χ3v) is 4.69. The second-order valence-corrected chi connectivity index (χ2v) is 9.21. The zero-order valence-corrected chi connectivity index (χ0v) is 8.39. The fraction of sp³-hybridized carbons (Fsp3) is 0.857. The first-order chi connectivity index (χ1) is 4.39. The van der Waals surface area contributed by atoms with Gasteiger partial charge in [-0.05, 0) is 0 Å². The summed E-state index contributed by atoms with van der Waals surface area (Å²) in [6.45, 7) is 8.43. The predicted molar refractivity (Wildman–Crippen MR) is 47.6 cm³/mol. The molecule has 0 bridgehead atoms. The fourth-order valence-electron chi connectivity index (χ4n) is 0.530. The number of hydrogen-bond donors (Lipinski definition) is 0. The average Bonchev–Trinajstić information content (AvgIpc) is 1.83. The van der Waals surface area contributed by atoms with Gasteiger partial charge in [-0.25, -0.2) is 0 Å². The molecule has 0 aromatic heterocycles. The fourth-order valence-corrected chi connectivity index (χ4v) is 1.36. The first-order valence-corrected chi connectivity index (χ1v) is 7.05. The van der Waals surface area contributed by atoms with Gasteiger partial charge in [0.1, 0.15) is 0 Å². The first kappa shape index (κ1) is 9.90. The van der Waals surface area contributed by atoms with Gasteiger partial charge >= 0.3 is 62.5 Å². The molecule has 0 aliphatic heterocycles. The van der Waals surface area contributed by atoms with Gasteiger partial charge in [-0.1, -0.05) is 0 Å². The zero-order valence-electron chi connectivity index (χ0n) is 7.39. The van der Waals surface area contributed by atoms with Crippen LogP contribution in [0.4, 0.5) is 0 Å². The minimum absolute atomic E-state index is 0.0702. The van der Waals surface area contributed by atoms with E-state index in [1.807, 2.05) is 6.92 Å². The van der Waals surface area contributed by atoms with Gasteiger partial charge in [-0.3, -0.25) is 0 Å². The number of ether oxygens (including phenoxy) is 1. The van der Waals surface area contributed by atoms with E-state index in [2.05, 4.69) is 24.7 Å². The molecule has 0 aliphatic rings. The molecule has 62 valence electrons. The summed E-state index contributed by atoms with van der Waals surface area (Å²) in [5.41, 5.74) is 0.109. The molecule has 1 unspecified atom stereocenters. The summed E-state index contributed by atoms with van der Waals surface area (Å²) < 4.78 is 4.63. The van der Waals surface area contributed by atoms with E-state index in [9.17, 15) is 4.79 Å². The van der Waals surface area contributed by atoms with E-state index in [1.54, 1.807) is 0 Å². The van der Waals surface area contributed by atoms with Gasteiger partial charge in [-0.15, -0.1) is 0 Å². The molecule has 0 spiro atoms. The van der Waals surface area contributed by atoms with Gasteiger partial charge in [0.15, 0.2) is 0 Å². The van der Waals surface area contributed by atoms with Crippen LogP contribution in [0.1, 0.15) is 6.92 Å². The monoisotopic (exact) mass is 164 g/mol. The molecule has 0 aromatic carbocycles. The van der Waals surface area contributed by atoms with Crippen molar-refractivity contribution in [2.75, 3.05) is 27.1 Å². The quantitative estimate of drug-likeness (QED) is 0.452. The van der Waals surface area contributed by atoms with Gasteiger partial charge in [0, 0.05) is 0 Å². The zero-order chi connectivity index (χ0) is 8.36. The normalized spacial score (nSPS) is 16.1. The molecule has 3 heteroatoms. The summed E-state index contributed by atoms with van der Waals surface area (Å²) in [4.78, 5) is 11.0. The van der Waals surface area contributed by atoms with Crippen molar-refractivity contribution in [3.8, 4) is 0 Å². The van der Waals surface area contributed by atoms with Crippen molar-refractivity contribution in [3.63, 3.8) is 0 Å². The van der Waals surface area contributed by atoms with E-state index < -0.39 is 7.26 Å². The predicted octanol–water partition coefficient (Wildman–Crippen LogP) is 1.19. The Labute approximate surface area is 63.3 Å². The van der Waals surface area contributed by atoms with Crippen LogP contribution in [0, 0.1) is 0 Å². The van der Waals surface area contributed by atoms with Gasteiger partial charge in [0.2, 0.25) is 0 Å². The molecule has 0 aromatic rings. The van der Waals surface area contributed by atoms with Crippen molar-refractivity contribution in [2.24, 2.45) is 0 Å². The van der Waals surface area contributed by atoms with Crippen LogP contribution in [0.15, 0.2) is 0 Å². The Morgan fingerprint density at radius 2 is 1.80 bits per heavy atom. The molecule has 2 nitrogen and oxygen atoms in total. The van der Waals surface area contributed by atoms with Crippen LogP contribution in [-0.4, -0.2) is 38.7 Å². The van der Waals surface area contributed by atoms with Crippen LogP contribution in [0.5, 0.6) is 0 Å². The average molecular weight is 164 g/mol. The Balaban J connectivity index is 4.08. The number of hydrogen-bond acceptors (Lipinski definition) is 2. The van der Waals surface area contributed by atoms with E-state index in [1.165, 1.54) is 7.11 Å². The van der Waals surface area contributed by atoms with Gasteiger partial charge < -0.3 is 0 Å². The molecule has 0 heterocycles. The molecule has 1 atom stereocenters. The summed E-state index contributed by atoms with van der Waals surface area (Å²) >= 11 is 0. The molecule has 0 radical (unpaired) electrons. The van der Waals surface area contributed by atoms with Crippen LogP contribution in [-0.2, 0) is 9.53 Å². The third-order valence-electron chi connectivity index (χ3n) is 1.85. The van der Waals surface area contributed by atoms with Crippen molar-refractivity contribution < 1.29 is 9.53 Å². The molecular formula is C7H17O2P. The Kier molecular flexibility index (Phi) is 3.30. The van der Waals surface area contributed by atoms with E-state index in [4.69, 9.17) is 0 Å². The van der Waals surface area contributed by atoms with Gasteiger partial charge in [0.25, 0.3) is 0 Å². The molecular weight excluding hydrogens is 147 g/mol. The second-order valence-electron chi connectivity index (χ2n) is 3.61. The first-order valence-electron chi connectivity index (χ1n) is 3.47. The summed E-state index contributed by atoms with van der Waals surface area (Å²) in [5, 5.41) is 0. The standard InChI is InChI=1S/C7H17O2P/c1-6(7(8)9-2)10(3,4)5/h6,10H,1-5H3. The third kappa shape index (κ3) is 2.66. The number of carbonyl (C=O) groups is 1. The van der Waals surface area contributed by atoms with E-state index in [0.717, 1.165) is 0 Å². The van der Waals surface area contributed by atoms with Gasteiger partial charge in [0.05, 0.1) is 0 Å². The summed E-state index contributed by atoms with van der Waals surface area (Å²) in [6, 6.07) is 0. The number of esters is 1. The molecule has 0 aliphatic carbocycles. The van der Waals surface area contributed by atoms with Crippen molar-refractivity contribution in [1.82, 2.24) is 0 Å². The molecule has 0 N–H and O–H groups in total.